The molecule has 2 N–H and O–H groups in total. The molecule has 14 heavy (non-hydrogen) atoms. The summed E-state index contributed by atoms with van der Waals surface area (Å²) >= 11 is 0. The Hall–Kier alpha value is -1.35. The maximum absolute atomic E-state index is 6.03. The SMILES string of the molecule is CCC[C@@H](N)c1ccn2ccnc2c1. The number of imidazole rings is 1. The van der Waals surface area contributed by atoms with Crippen molar-refractivity contribution in [3.8, 4) is 0 Å². The highest BCUT2D eigenvalue weighted by Crippen LogP contribution is 2.16. The molecule has 0 radical (unpaired) electrons. The fourth-order valence-electron chi connectivity index (χ4n) is 1.63. The number of nitrogens with zero attached hydrogens (tertiary/aromatic N) is 2. The van der Waals surface area contributed by atoms with Gasteiger partial charge in [0, 0.05) is 24.6 Å². The summed E-state index contributed by atoms with van der Waals surface area (Å²) in [5.41, 5.74) is 8.17. The van der Waals surface area contributed by atoms with Crippen LogP contribution in [0.5, 0.6) is 0 Å². The first-order valence-electron chi connectivity index (χ1n) is 4.99. The van der Waals surface area contributed by atoms with Crippen LogP contribution in [0.25, 0.3) is 5.65 Å². The lowest BCUT2D eigenvalue weighted by Gasteiger charge is -2.10. The van der Waals surface area contributed by atoms with Crippen LogP contribution < -0.4 is 5.73 Å². The highest BCUT2D eigenvalue weighted by molar-refractivity contribution is 5.42. The van der Waals surface area contributed by atoms with E-state index in [1.165, 1.54) is 5.56 Å². The van der Waals surface area contributed by atoms with Gasteiger partial charge in [0.05, 0.1) is 0 Å². The van der Waals surface area contributed by atoms with Crippen molar-refractivity contribution in [3.05, 3.63) is 36.3 Å². The average molecular weight is 189 g/mol. The highest BCUT2D eigenvalue weighted by Gasteiger charge is 2.05. The predicted molar refractivity (Wildman–Crippen MR) is 57.0 cm³/mol. The van der Waals surface area contributed by atoms with Gasteiger partial charge in [0.2, 0.25) is 0 Å². The quantitative estimate of drug-likeness (QED) is 0.803. The van der Waals surface area contributed by atoms with E-state index in [2.05, 4.69) is 24.0 Å². The van der Waals surface area contributed by atoms with Gasteiger partial charge in [-0.15, -0.1) is 0 Å². The fourth-order valence-corrected chi connectivity index (χ4v) is 1.63. The zero-order valence-electron chi connectivity index (χ0n) is 8.35. The molecule has 3 heteroatoms. The van der Waals surface area contributed by atoms with Crippen LogP contribution in [0.3, 0.4) is 0 Å². The van der Waals surface area contributed by atoms with Crippen molar-refractivity contribution in [3.63, 3.8) is 0 Å². The molecule has 0 aliphatic carbocycles. The first-order valence-corrected chi connectivity index (χ1v) is 4.99. The lowest BCUT2D eigenvalue weighted by molar-refractivity contribution is 0.638. The van der Waals surface area contributed by atoms with E-state index in [1.54, 1.807) is 6.20 Å². The Morgan fingerprint density at radius 2 is 2.36 bits per heavy atom. The Morgan fingerprint density at radius 3 is 3.14 bits per heavy atom. The summed E-state index contributed by atoms with van der Waals surface area (Å²) in [5.74, 6) is 0. The molecule has 2 heterocycles. The normalized spacial score (nSPS) is 13.3. The van der Waals surface area contributed by atoms with Crippen molar-refractivity contribution in [1.29, 1.82) is 0 Å². The second kappa shape index (κ2) is 3.80. The average Bonchev–Trinajstić information content (AvgIpc) is 2.64. The van der Waals surface area contributed by atoms with Crippen LogP contribution in [0.1, 0.15) is 31.4 Å². The van der Waals surface area contributed by atoms with Gasteiger partial charge in [-0.3, -0.25) is 0 Å². The van der Waals surface area contributed by atoms with Crippen LogP contribution >= 0.6 is 0 Å². The van der Waals surface area contributed by atoms with E-state index >= 15 is 0 Å². The smallest absolute Gasteiger partial charge is 0.136 e. The minimum atomic E-state index is 0.140. The molecule has 74 valence electrons. The Morgan fingerprint density at radius 1 is 1.50 bits per heavy atom. The third kappa shape index (κ3) is 1.63. The molecule has 0 fully saturated rings. The molecule has 0 aromatic carbocycles. The standard InChI is InChI=1S/C11H15N3/c1-2-3-10(12)9-4-6-14-7-5-13-11(14)8-9/h4-8,10H,2-3,12H2,1H3/t10-/m1/s1. The minimum absolute atomic E-state index is 0.140. The van der Waals surface area contributed by atoms with Crippen molar-refractivity contribution >= 4 is 5.65 Å². The van der Waals surface area contributed by atoms with Crippen molar-refractivity contribution in [2.24, 2.45) is 5.73 Å². The summed E-state index contributed by atoms with van der Waals surface area (Å²) in [6.45, 7) is 2.15. The van der Waals surface area contributed by atoms with Gasteiger partial charge in [0.25, 0.3) is 0 Å². The van der Waals surface area contributed by atoms with E-state index in [4.69, 9.17) is 5.73 Å². The third-order valence-corrected chi connectivity index (χ3v) is 2.45. The van der Waals surface area contributed by atoms with Crippen LogP contribution in [0.15, 0.2) is 30.7 Å². The van der Waals surface area contributed by atoms with Gasteiger partial charge in [0.15, 0.2) is 0 Å². The molecule has 0 amide bonds. The number of fused-ring (bicyclic) bond motifs is 1. The topological polar surface area (TPSA) is 43.3 Å². The summed E-state index contributed by atoms with van der Waals surface area (Å²) in [6.07, 6.45) is 7.87. The molecular weight excluding hydrogens is 174 g/mol. The summed E-state index contributed by atoms with van der Waals surface area (Å²) < 4.78 is 1.99. The maximum Gasteiger partial charge on any atom is 0.136 e. The van der Waals surface area contributed by atoms with Gasteiger partial charge < -0.3 is 10.1 Å². The predicted octanol–water partition coefficient (Wildman–Crippen LogP) is 2.13. The molecule has 3 nitrogen and oxygen atoms in total. The molecular formula is C11H15N3. The van der Waals surface area contributed by atoms with Crippen molar-refractivity contribution in [2.45, 2.75) is 25.8 Å². The highest BCUT2D eigenvalue weighted by atomic mass is 15.0. The molecule has 0 saturated heterocycles. The molecule has 0 bridgehead atoms. The molecule has 0 aliphatic heterocycles. The minimum Gasteiger partial charge on any atom is -0.324 e. The molecule has 1 atom stereocenters. The van der Waals surface area contributed by atoms with Gasteiger partial charge in [-0.25, -0.2) is 4.98 Å². The number of nitrogens with two attached hydrogens (primary N) is 1. The van der Waals surface area contributed by atoms with Crippen LogP contribution in [0.2, 0.25) is 0 Å². The summed E-state index contributed by atoms with van der Waals surface area (Å²) in [7, 11) is 0. The van der Waals surface area contributed by atoms with E-state index in [-0.39, 0.29) is 6.04 Å². The van der Waals surface area contributed by atoms with Crippen molar-refractivity contribution in [2.75, 3.05) is 0 Å². The zero-order chi connectivity index (χ0) is 9.97. The van der Waals surface area contributed by atoms with E-state index in [1.807, 2.05) is 16.8 Å². The molecule has 2 aromatic rings. The van der Waals surface area contributed by atoms with Crippen LogP contribution in [0, 0.1) is 0 Å². The van der Waals surface area contributed by atoms with Crippen LogP contribution in [-0.4, -0.2) is 9.38 Å². The van der Waals surface area contributed by atoms with Crippen LogP contribution in [0.4, 0.5) is 0 Å². The summed E-state index contributed by atoms with van der Waals surface area (Å²) in [4.78, 5) is 4.23. The molecule has 2 aromatic heterocycles. The summed E-state index contributed by atoms with van der Waals surface area (Å²) in [5, 5.41) is 0. The first kappa shape index (κ1) is 9.21. The number of aromatic nitrogens is 2. The van der Waals surface area contributed by atoms with Crippen molar-refractivity contribution in [1.82, 2.24) is 9.38 Å². The van der Waals surface area contributed by atoms with E-state index in [9.17, 15) is 0 Å². The Bertz CT molecular complexity index is 419. The third-order valence-electron chi connectivity index (χ3n) is 2.45. The Labute approximate surface area is 83.6 Å². The van der Waals surface area contributed by atoms with Crippen LogP contribution in [-0.2, 0) is 0 Å². The van der Waals surface area contributed by atoms with E-state index in [0.717, 1.165) is 18.5 Å². The Kier molecular flexibility index (Phi) is 2.50. The second-order valence-electron chi connectivity index (χ2n) is 3.55. The lowest BCUT2D eigenvalue weighted by atomic mass is 10.1. The maximum atomic E-state index is 6.03. The second-order valence-corrected chi connectivity index (χ2v) is 3.55. The molecule has 2 rings (SSSR count). The van der Waals surface area contributed by atoms with Gasteiger partial charge in [-0.1, -0.05) is 13.3 Å². The number of hydrogen-bond acceptors (Lipinski definition) is 2. The van der Waals surface area contributed by atoms with Gasteiger partial charge in [-0.2, -0.15) is 0 Å². The fraction of sp³-hybridized carbons (Fsp3) is 0.364. The monoisotopic (exact) mass is 189 g/mol. The molecule has 0 aliphatic rings. The van der Waals surface area contributed by atoms with Gasteiger partial charge >= 0.3 is 0 Å². The van der Waals surface area contributed by atoms with E-state index < -0.39 is 0 Å². The van der Waals surface area contributed by atoms with Gasteiger partial charge in [0.1, 0.15) is 5.65 Å². The molecule has 0 spiro atoms. The lowest BCUT2D eigenvalue weighted by Crippen LogP contribution is -2.09. The zero-order valence-corrected chi connectivity index (χ0v) is 8.35. The van der Waals surface area contributed by atoms with Crippen molar-refractivity contribution < 1.29 is 0 Å². The number of rotatable bonds is 3. The Balaban J connectivity index is 2.33. The first-order chi connectivity index (χ1) is 6.81. The van der Waals surface area contributed by atoms with E-state index in [0.29, 0.717) is 0 Å². The van der Waals surface area contributed by atoms with Gasteiger partial charge in [-0.05, 0) is 24.1 Å². The largest absolute Gasteiger partial charge is 0.324 e. The molecule has 0 unspecified atom stereocenters. The number of hydrogen-bond donors (Lipinski definition) is 1. The number of pyridine rings is 1. The summed E-state index contributed by atoms with van der Waals surface area (Å²) in [6, 6.07) is 4.26. The molecule has 0 saturated carbocycles.